The zero-order valence-corrected chi connectivity index (χ0v) is 9.37. The fourth-order valence-corrected chi connectivity index (χ4v) is 1.96. The van der Waals surface area contributed by atoms with E-state index in [2.05, 4.69) is 23.5 Å². The number of aldehydes is 1. The van der Waals surface area contributed by atoms with Crippen LogP contribution in [-0.4, -0.2) is 26.0 Å². The SMILES string of the molecule is O=CCNCCc1ccc2c(c1)CCCO2. The van der Waals surface area contributed by atoms with E-state index in [-0.39, 0.29) is 0 Å². The zero-order chi connectivity index (χ0) is 11.2. The Kier molecular flexibility index (Phi) is 3.94. The summed E-state index contributed by atoms with van der Waals surface area (Å²) < 4.78 is 5.56. The van der Waals surface area contributed by atoms with Crippen molar-refractivity contribution in [1.29, 1.82) is 0 Å². The van der Waals surface area contributed by atoms with Crippen molar-refractivity contribution in [3.63, 3.8) is 0 Å². The summed E-state index contributed by atoms with van der Waals surface area (Å²) in [5, 5.41) is 3.06. The molecule has 1 aromatic rings. The number of benzene rings is 1. The minimum Gasteiger partial charge on any atom is -0.493 e. The molecule has 0 radical (unpaired) electrons. The lowest BCUT2D eigenvalue weighted by Gasteiger charge is -2.17. The van der Waals surface area contributed by atoms with Gasteiger partial charge in [0.1, 0.15) is 12.0 Å². The van der Waals surface area contributed by atoms with Gasteiger partial charge in [0.05, 0.1) is 13.2 Å². The van der Waals surface area contributed by atoms with E-state index < -0.39 is 0 Å². The van der Waals surface area contributed by atoms with E-state index in [9.17, 15) is 4.79 Å². The summed E-state index contributed by atoms with van der Waals surface area (Å²) in [6.45, 7) is 2.12. The minimum atomic E-state index is 0.439. The molecule has 1 heterocycles. The van der Waals surface area contributed by atoms with Gasteiger partial charge in [-0.1, -0.05) is 12.1 Å². The maximum atomic E-state index is 10.1. The van der Waals surface area contributed by atoms with Gasteiger partial charge in [-0.2, -0.15) is 0 Å². The number of aryl methyl sites for hydroxylation is 1. The summed E-state index contributed by atoms with van der Waals surface area (Å²) in [5.74, 6) is 1.04. The number of rotatable bonds is 5. The normalized spacial score (nSPS) is 14.0. The molecule has 3 nitrogen and oxygen atoms in total. The number of ether oxygens (including phenoxy) is 1. The van der Waals surface area contributed by atoms with E-state index in [4.69, 9.17) is 4.74 Å². The molecular weight excluding hydrogens is 202 g/mol. The molecule has 0 atom stereocenters. The average Bonchev–Trinajstić information content (AvgIpc) is 2.34. The summed E-state index contributed by atoms with van der Waals surface area (Å²) in [6.07, 6.45) is 4.08. The molecule has 0 saturated heterocycles. The van der Waals surface area contributed by atoms with Crippen molar-refractivity contribution in [2.45, 2.75) is 19.3 Å². The maximum absolute atomic E-state index is 10.1. The van der Waals surface area contributed by atoms with Gasteiger partial charge in [0, 0.05) is 0 Å². The van der Waals surface area contributed by atoms with E-state index in [0.717, 1.165) is 44.4 Å². The molecule has 1 N–H and O–H groups in total. The summed E-state index contributed by atoms with van der Waals surface area (Å²) in [7, 11) is 0. The predicted molar refractivity (Wildman–Crippen MR) is 62.9 cm³/mol. The highest BCUT2D eigenvalue weighted by molar-refractivity contribution is 5.51. The Hall–Kier alpha value is -1.35. The van der Waals surface area contributed by atoms with Gasteiger partial charge in [-0.05, 0) is 43.0 Å². The van der Waals surface area contributed by atoms with Crippen molar-refractivity contribution < 1.29 is 9.53 Å². The fourth-order valence-electron chi connectivity index (χ4n) is 1.96. The van der Waals surface area contributed by atoms with E-state index >= 15 is 0 Å². The Bertz CT molecular complexity index is 363. The molecule has 1 aliphatic heterocycles. The molecule has 86 valence electrons. The summed E-state index contributed by atoms with van der Waals surface area (Å²) in [4.78, 5) is 10.1. The van der Waals surface area contributed by atoms with Crippen LogP contribution in [0.4, 0.5) is 0 Å². The van der Waals surface area contributed by atoms with Gasteiger partial charge in [0.25, 0.3) is 0 Å². The third kappa shape index (κ3) is 2.83. The highest BCUT2D eigenvalue weighted by Crippen LogP contribution is 2.25. The lowest BCUT2D eigenvalue weighted by molar-refractivity contribution is -0.107. The highest BCUT2D eigenvalue weighted by Gasteiger charge is 2.09. The summed E-state index contributed by atoms with van der Waals surface area (Å²) >= 11 is 0. The molecule has 1 aliphatic rings. The number of nitrogens with one attached hydrogen (secondary N) is 1. The van der Waals surface area contributed by atoms with Gasteiger partial charge in [-0.15, -0.1) is 0 Å². The van der Waals surface area contributed by atoms with Crippen LogP contribution in [0.2, 0.25) is 0 Å². The third-order valence-electron chi connectivity index (χ3n) is 2.79. The Morgan fingerprint density at radius 3 is 3.25 bits per heavy atom. The Morgan fingerprint density at radius 2 is 2.38 bits per heavy atom. The molecular formula is C13H17NO2. The number of fused-ring (bicyclic) bond motifs is 1. The fraction of sp³-hybridized carbons (Fsp3) is 0.462. The molecule has 1 aromatic carbocycles. The Labute approximate surface area is 95.8 Å². The van der Waals surface area contributed by atoms with Crippen LogP contribution < -0.4 is 10.1 Å². The first-order valence-corrected chi connectivity index (χ1v) is 5.79. The first-order valence-electron chi connectivity index (χ1n) is 5.79. The first-order chi connectivity index (χ1) is 7.90. The predicted octanol–water partition coefficient (Wildman–Crippen LogP) is 1.34. The third-order valence-corrected chi connectivity index (χ3v) is 2.79. The van der Waals surface area contributed by atoms with Crippen LogP contribution in [0.1, 0.15) is 17.5 Å². The minimum absolute atomic E-state index is 0.439. The molecule has 0 aliphatic carbocycles. The molecule has 16 heavy (non-hydrogen) atoms. The second-order valence-corrected chi connectivity index (χ2v) is 4.01. The van der Waals surface area contributed by atoms with E-state index in [1.54, 1.807) is 0 Å². The summed E-state index contributed by atoms with van der Waals surface area (Å²) in [5.41, 5.74) is 2.63. The Morgan fingerprint density at radius 1 is 1.44 bits per heavy atom. The highest BCUT2D eigenvalue weighted by atomic mass is 16.5. The molecule has 0 fully saturated rings. The van der Waals surface area contributed by atoms with E-state index in [1.807, 2.05) is 0 Å². The maximum Gasteiger partial charge on any atom is 0.133 e. The largest absolute Gasteiger partial charge is 0.493 e. The number of carbonyl (C=O) groups is 1. The number of carbonyl (C=O) groups excluding carboxylic acids is 1. The van der Waals surface area contributed by atoms with Crippen molar-refractivity contribution in [3.8, 4) is 5.75 Å². The van der Waals surface area contributed by atoms with Gasteiger partial charge in [0.2, 0.25) is 0 Å². The van der Waals surface area contributed by atoms with Crippen LogP contribution in [0, 0.1) is 0 Å². The molecule has 2 rings (SSSR count). The van der Waals surface area contributed by atoms with Crippen LogP contribution >= 0.6 is 0 Å². The zero-order valence-electron chi connectivity index (χ0n) is 9.37. The second-order valence-electron chi connectivity index (χ2n) is 4.01. The second kappa shape index (κ2) is 5.66. The Balaban J connectivity index is 1.92. The van der Waals surface area contributed by atoms with Gasteiger partial charge in [-0.25, -0.2) is 0 Å². The molecule has 3 heteroatoms. The monoisotopic (exact) mass is 219 g/mol. The molecule has 0 aromatic heterocycles. The number of hydrogen-bond acceptors (Lipinski definition) is 3. The van der Waals surface area contributed by atoms with Crippen molar-refractivity contribution in [2.75, 3.05) is 19.7 Å². The smallest absolute Gasteiger partial charge is 0.133 e. The molecule has 0 bridgehead atoms. The molecule has 0 unspecified atom stereocenters. The topological polar surface area (TPSA) is 38.3 Å². The van der Waals surface area contributed by atoms with Crippen molar-refractivity contribution in [3.05, 3.63) is 29.3 Å². The van der Waals surface area contributed by atoms with Crippen LogP contribution in [0.3, 0.4) is 0 Å². The van der Waals surface area contributed by atoms with Crippen LogP contribution in [-0.2, 0) is 17.6 Å². The van der Waals surface area contributed by atoms with Gasteiger partial charge >= 0.3 is 0 Å². The number of hydrogen-bond donors (Lipinski definition) is 1. The lowest BCUT2D eigenvalue weighted by atomic mass is 10.0. The van der Waals surface area contributed by atoms with Crippen LogP contribution in [0.5, 0.6) is 5.75 Å². The average molecular weight is 219 g/mol. The quantitative estimate of drug-likeness (QED) is 0.600. The van der Waals surface area contributed by atoms with Gasteiger partial charge < -0.3 is 14.8 Å². The van der Waals surface area contributed by atoms with E-state index in [0.29, 0.717) is 6.54 Å². The standard InChI is InChI=1S/C13H17NO2/c15-8-7-14-6-5-11-3-4-13-12(10-11)2-1-9-16-13/h3-4,8,10,14H,1-2,5-7,9H2. The van der Waals surface area contributed by atoms with Gasteiger partial charge in [-0.3, -0.25) is 0 Å². The van der Waals surface area contributed by atoms with Crippen molar-refractivity contribution in [1.82, 2.24) is 5.32 Å². The van der Waals surface area contributed by atoms with Crippen molar-refractivity contribution >= 4 is 6.29 Å². The lowest BCUT2D eigenvalue weighted by Crippen LogP contribution is -2.19. The van der Waals surface area contributed by atoms with Crippen molar-refractivity contribution in [2.24, 2.45) is 0 Å². The molecule has 0 spiro atoms. The first kappa shape index (κ1) is 11.1. The van der Waals surface area contributed by atoms with Gasteiger partial charge in [0.15, 0.2) is 0 Å². The van der Waals surface area contributed by atoms with Crippen LogP contribution in [0.25, 0.3) is 0 Å². The van der Waals surface area contributed by atoms with E-state index in [1.165, 1.54) is 11.1 Å². The summed E-state index contributed by atoms with van der Waals surface area (Å²) in [6, 6.07) is 6.38. The molecule has 0 saturated carbocycles. The van der Waals surface area contributed by atoms with Crippen LogP contribution in [0.15, 0.2) is 18.2 Å². The molecule has 0 amide bonds.